The molecule has 0 atom stereocenters. The van der Waals surface area contributed by atoms with Crippen LogP contribution in [0.3, 0.4) is 0 Å². The molecule has 0 saturated heterocycles. The van der Waals surface area contributed by atoms with Gasteiger partial charge in [-0.1, -0.05) is 74.5 Å². The fourth-order valence-corrected chi connectivity index (χ4v) is 2.61. The van der Waals surface area contributed by atoms with E-state index in [-0.39, 0.29) is 5.41 Å². The summed E-state index contributed by atoms with van der Waals surface area (Å²) in [7, 11) is 0. The van der Waals surface area contributed by atoms with E-state index in [0.717, 1.165) is 11.3 Å². The van der Waals surface area contributed by atoms with Crippen LogP contribution in [0, 0.1) is 0 Å². The Labute approximate surface area is 126 Å². The molecule has 3 aromatic rings. The molecule has 1 heteroatoms. The average Bonchev–Trinajstić information content (AvgIpc) is 2.57. The van der Waals surface area contributed by atoms with Gasteiger partial charge in [0.1, 0.15) is 0 Å². The van der Waals surface area contributed by atoms with Gasteiger partial charge in [0.25, 0.3) is 0 Å². The third kappa shape index (κ3) is 2.73. The quantitative estimate of drug-likeness (QED) is 0.649. The minimum Gasteiger partial charge on any atom is -0.256 e. The van der Waals surface area contributed by atoms with Gasteiger partial charge in [-0.15, -0.1) is 0 Å². The maximum absolute atomic E-state index is 4.52. The molecule has 21 heavy (non-hydrogen) atoms. The van der Waals surface area contributed by atoms with Crippen LogP contribution in [-0.2, 0) is 5.41 Å². The van der Waals surface area contributed by atoms with Crippen LogP contribution < -0.4 is 0 Å². The molecule has 0 spiro atoms. The molecule has 2 aromatic carbocycles. The van der Waals surface area contributed by atoms with Crippen molar-refractivity contribution in [3.8, 4) is 11.3 Å². The van der Waals surface area contributed by atoms with Crippen molar-refractivity contribution in [1.82, 2.24) is 4.98 Å². The van der Waals surface area contributed by atoms with Crippen LogP contribution in [0.5, 0.6) is 0 Å². The van der Waals surface area contributed by atoms with Gasteiger partial charge >= 0.3 is 0 Å². The Morgan fingerprint density at radius 3 is 2.00 bits per heavy atom. The minimum atomic E-state index is -0.0340. The third-order valence-corrected chi connectivity index (χ3v) is 4.05. The van der Waals surface area contributed by atoms with Gasteiger partial charge < -0.3 is 0 Å². The number of rotatable bonds is 3. The fraction of sp³-hybridized carbons (Fsp3) is 0.150. The molecule has 0 N–H and O–H groups in total. The molecule has 0 aliphatic heterocycles. The van der Waals surface area contributed by atoms with Crippen LogP contribution in [0.15, 0.2) is 79.0 Å². The number of nitrogens with zero attached hydrogens (tertiary/aromatic N) is 1. The van der Waals surface area contributed by atoms with Crippen molar-refractivity contribution in [3.05, 3.63) is 90.1 Å². The van der Waals surface area contributed by atoms with E-state index < -0.39 is 0 Å². The summed E-state index contributed by atoms with van der Waals surface area (Å²) < 4.78 is 0. The van der Waals surface area contributed by atoms with Gasteiger partial charge in [0.15, 0.2) is 0 Å². The van der Waals surface area contributed by atoms with E-state index in [0.29, 0.717) is 0 Å². The number of pyridine rings is 1. The monoisotopic (exact) mass is 273 g/mol. The first kappa shape index (κ1) is 13.6. The maximum Gasteiger partial charge on any atom is 0.0705 e. The summed E-state index contributed by atoms with van der Waals surface area (Å²) >= 11 is 0. The third-order valence-electron chi connectivity index (χ3n) is 4.05. The Morgan fingerprint density at radius 2 is 1.33 bits per heavy atom. The van der Waals surface area contributed by atoms with E-state index in [1.165, 1.54) is 11.1 Å². The van der Waals surface area contributed by atoms with Gasteiger partial charge in [0.05, 0.1) is 5.69 Å². The van der Waals surface area contributed by atoms with Crippen LogP contribution in [-0.4, -0.2) is 4.98 Å². The second kappa shape index (κ2) is 5.53. The summed E-state index contributed by atoms with van der Waals surface area (Å²) in [5.74, 6) is 0. The highest BCUT2D eigenvalue weighted by atomic mass is 14.7. The lowest BCUT2D eigenvalue weighted by Gasteiger charge is -2.26. The average molecular weight is 273 g/mol. The predicted octanol–water partition coefficient (Wildman–Crippen LogP) is 5.07. The topological polar surface area (TPSA) is 12.9 Å². The number of hydrogen-bond donors (Lipinski definition) is 0. The molecule has 104 valence electrons. The normalized spacial score (nSPS) is 11.3. The maximum atomic E-state index is 4.52. The van der Waals surface area contributed by atoms with Crippen molar-refractivity contribution in [2.45, 2.75) is 19.3 Å². The smallest absolute Gasteiger partial charge is 0.0705 e. The first-order chi connectivity index (χ1) is 10.2. The van der Waals surface area contributed by atoms with Crippen LogP contribution in [0.4, 0.5) is 0 Å². The molecule has 1 nitrogen and oxygen atoms in total. The molecule has 1 heterocycles. The van der Waals surface area contributed by atoms with Crippen molar-refractivity contribution in [2.75, 3.05) is 0 Å². The molecular weight excluding hydrogens is 254 g/mol. The van der Waals surface area contributed by atoms with Crippen molar-refractivity contribution in [3.63, 3.8) is 0 Å². The Kier molecular flexibility index (Phi) is 3.57. The lowest BCUT2D eigenvalue weighted by molar-refractivity contribution is 0.640. The Bertz CT molecular complexity index is 715. The van der Waals surface area contributed by atoms with Crippen LogP contribution >= 0.6 is 0 Å². The highest BCUT2D eigenvalue weighted by molar-refractivity contribution is 5.60. The van der Waals surface area contributed by atoms with Crippen LogP contribution in [0.1, 0.15) is 25.0 Å². The SMILES string of the molecule is CC(C)(c1ccccc1)c1ccnc(-c2ccccc2)c1. The second-order valence-corrected chi connectivity index (χ2v) is 5.79. The minimum absolute atomic E-state index is 0.0340. The summed E-state index contributed by atoms with van der Waals surface area (Å²) in [6, 6.07) is 25.2. The van der Waals surface area contributed by atoms with Gasteiger partial charge in [-0.25, -0.2) is 0 Å². The van der Waals surface area contributed by atoms with E-state index in [1.807, 2.05) is 24.4 Å². The predicted molar refractivity (Wildman–Crippen MR) is 88.2 cm³/mol. The molecule has 1 aromatic heterocycles. The summed E-state index contributed by atoms with van der Waals surface area (Å²) in [5.41, 5.74) is 4.74. The zero-order valence-electron chi connectivity index (χ0n) is 12.5. The molecular formula is C20H19N. The van der Waals surface area contributed by atoms with Crippen molar-refractivity contribution >= 4 is 0 Å². The zero-order valence-corrected chi connectivity index (χ0v) is 12.5. The molecule has 0 amide bonds. The fourth-order valence-electron chi connectivity index (χ4n) is 2.61. The molecule has 0 aliphatic rings. The molecule has 0 fully saturated rings. The summed E-state index contributed by atoms with van der Waals surface area (Å²) in [6.45, 7) is 4.51. The first-order valence-electron chi connectivity index (χ1n) is 7.25. The van der Waals surface area contributed by atoms with E-state index in [4.69, 9.17) is 0 Å². The Morgan fingerprint density at radius 1 is 0.714 bits per heavy atom. The molecule has 0 bridgehead atoms. The summed E-state index contributed by atoms with van der Waals surface area (Å²) in [6.07, 6.45) is 1.91. The first-order valence-corrected chi connectivity index (χ1v) is 7.25. The van der Waals surface area contributed by atoms with Gasteiger partial charge in [0.2, 0.25) is 0 Å². The summed E-state index contributed by atoms with van der Waals surface area (Å²) in [5, 5.41) is 0. The largest absolute Gasteiger partial charge is 0.256 e. The lowest BCUT2D eigenvalue weighted by atomic mass is 9.78. The molecule has 0 aliphatic carbocycles. The van der Waals surface area contributed by atoms with E-state index in [2.05, 4.69) is 73.4 Å². The Hall–Kier alpha value is -2.41. The Balaban J connectivity index is 2.04. The van der Waals surface area contributed by atoms with E-state index in [9.17, 15) is 0 Å². The van der Waals surface area contributed by atoms with Crippen molar-refractivity contribution in [1.29, 1.82) is 0 Å². The van der Waals surface area contributed by atoms with E-state index in [1.54, 1.807) is 0 Å². The number of aromatic nitrogens is 1. The van der Waals surface area contributed by atoms with Gasteiger partial charge in [-0.05, 0) is 23.3 Å². The van der Waals surface area contributed by atoms with Crippen LogP contribution in [0.2, 0.25) is 0 Å². The van der Waals surface area contributed by atoms with E-state index >= 15 is 0 Å². The lowest BCUT2D eigenvalue weighted by Crippen LogP contribution is -2.18. The summed E-state index contributed by atoms with van der Waals surface area (Å²) in [4.78, 5) is 4.52. The van der Waals surface area contributed by atoms with Crippen LogP contribution in [0.25, 0.3) is 11.3 Å². The van der Waals surface area contributed by atoms with Crippen molar-refractivity contribution in [2.24, 2.45) is 0 Å². The molecule has 0 saturated carbocycles. The molecule has 0 unspecified atom stereocenters. The van der Waals surface area contributed by atoms with Gasteiger partial charge in [-0.2, -0.15) is 0 Å². The molecule has 0 radical (unpaired) electrons. The highest BCUT2D eigenvalue weighted by Crippen LogP contribution is 2.32. The second-order valence-electron chi connectivity index (χ2n) is 5.79. The zero-order chi connectivity index (χ0) is 14.7. The van der Waals surface area contributed by atoms with Gasteiger partial charge in [0, 0.05) is 17.2 Å². The van der Waals surface area contributed by atoms with Gasteiger partial charge in [-0.3, -0.25) is 4.98 Å². The number of benzene rings is 2. The van der Waals surface area contributed by atoms with Crippen molar-refractivity contribution < 1.29 is 0 Å². The highest BCUT2D eigenvalue weighted by Gasteiger charge is 2.23. The standard InChI is InChI=1S/C20H19N/c1-20(2,17-11-7-4-8-12-17)18-13-14-21-19(15-18)16-9-5-3-6-10-16/h3-15H,1-2H3. The molecule has 3 rings (SSSR count). The number of hydrogen-bond acceptors (Lipinski definition) is 1.